The van der Waals surface area contributed by atoms with Gasteiger partial charge in [-0.1, -0.05) is 31.7 Å². The number of ether oxygens (including phenoxy) is 2. The van der Waals surface area contributed by atoms with Crippen LogP contribution < -0.4 is 5.56 Å². The van der Waals surface area contributed by atoms with E-state index < -0.39 is 26.1 Å². The first-order chi connectivity index (χ1) is 17.7. The molecule has 192 valence electrons. The normalized spacial score (nSPS) is 18.1. The van der Waals surface area contributed by atoms with Crippen molar-refractivity contribution in [3.63, 3.8) is 0 Å². The monoisotopic (exact) mass is 520 g/mol. The van der Waals surface area contributed by atoms with Crippen LogP contribution in [0, 0.1) is 0 Å². The van der Waals surface area contributed by atoms with Gasteiger partial charge in [0.15, 0.2) is 5.60 Å². The zero-order valence-corrected chi connectivity index (χ0v) is 22.0. The van der Waals surface area contributed by atoms with Gasteiger partial charge in [0.1, 0.15) is 13.2 Å². The van der Waals surface area contributed by atoms with Crippen molar-refractivity contribution < 1.29 is 27.9 Å². The maximum Gasteiger partial charge on any atom is 0.342 e. The molecule has 2 aromatic heterocycles. The van der Waals surface area contributed by atoms with Gasteiger partial charge in [-0.25, -0.2) is 14.6 Å². The van der Waals surface area contributed by atoms with Gasteiger partial charge < -0.3 is 22.9 Å². The fourth-order valence-electron chi connectivity index (χ4n) is 5.02. The summed E-state index contributed by atoms with van der Waals surface area (Å²) in [7, 11) is -2.97. The van der Waals surface area contributed by atoms with E-state index in [2.05, 4.69) is 12.6 Å². The van der Waals surface area contributed by atoms with Crippen molar-refractivity contribution in [1.29, 1.82) is 0 Å². The summed E-state index contributed by atoms with van der Waals surface area (Å²) in [5.74, 6) is -1.10. The van der Waals surface area contributed by atoms with Crippen molar-refractivity contribution in [2.75, 3.05) is 13.2 Å². The minimum atomic E-state index is -2.97. The molecule has 0 amide bonds. The van der Waals surface area contributed by atoms with E-state index in [0.29, 0.717) is 23.4 Å². The highest BCUT2D eigenvalue weighted by molar-refractivity contribution is 6.64. The number of esters is 2. The lowest BCUT2D eigenvalue weighted by Gasteiger charge is -2.40. The third-order valence-electron chi connectivity index (χ3n) is 6.75. The number of carbonyl (C=O) groups excluding carboxylic acids is 2. The molecule has 10 heteroatoms. The van der Waals surface area contributed by atoms with Gasteiger partial charge in [0.05, 0.1) is 35.6 Å². The number of hydrogen-bond donors (Lipinski definition) is 0. The Hall–Kier alpha value is -3.60. The predicted molar refractivity (Wildman–Crippen MR) is 138 cm³/mol. The van der Waals surface area contributed by atoms with Crippen LogP contribution in [0.3, 0.4) is 0 Å². The van der Waals surface area contributed by atoms with Crippen LogP contribution in [-0.2, 0) is 46.7 Å². The van der Waals surface area contributed by atoms with E-state index in [1.807, 2.05) is 37.3 Å². The average molecular weight is 521 g/mol. The van der Waals surface area contributed by atoms with E-state index in [0.717, 1.165) is 28.2 Å². The third-order valence-corrected chi connectivity index (χ3v) is 8.49. The summed E-state index contributed by atoms with van der Waals surface area (Å²) in [5, 5.41) is 1.00. The molecule has 3 aromatic rings. The molecule has 0 spiro atoms. The van der Waals surface area contributed by atoms with Crippen LogP contribution in [-0.4, -0.2) is 43.3 Å². The largest absolute Gasteiger partial charge is 0.460 e. The van der Waals surface area contributed by atoms with Crippen LogP contribution in [0.2, 0.25) is 13.1 Å². The summed E-state index contributed by atoms with van der Waals surface area (Å²) in [6, 6.07) is 11.7. The molecule has 1 atom stereocenters. The highest BCUT2D eigenvalue weighted by Crippen LogP contribution is 2.42. The Kier molecular flexibility index (Phi) is 6.34. The Bertz CT molecular complexity index is 1500. The van der Waals surface area contributed by atoms with Crippen molar-refractivity contribution in [1.82, 2.24) is 9.55 Å². The van der Waals surface area contributed by atoms with E-state index >= 15 is 0 Å². The van der Waals surface area contributed by atoms with Gasteiger partial charge in [-0.15, -0.1) is 0 Å². The molecule has 0 aliphatic carbocycles. The number of nitrogens with zero attached hydrogens (tertiary/aromatic N) is 2. The topological polar surface area (TPSA) is 106 Å². The summed E-state index contributed by atoms with van der Waals surface area (Å²) in [5.41, 5.74) is 2.31. The Morgan fingerprint density at radius 2 is 2.03 bits per heavy atom. The second kappa shape index (κ2) is 9.36. The second-order valence-electron chi connectivity index (χ2n) is 9.48. The second-order valence-corrected chi connectivity index (χ2v) is 12.8. The minimum absolute atomic E-state index is 0.0239. The smallest absolute Gasteiger partial charge is 0.342 e. The predicted octanol–water partition coefficient (Wildman–Crippen LogP) is 3.55. The number of cyclic esters (lactones) is 1. The van der Waals surface area contributed by atoms with Crippen molar-refractivity contribution in [3.05, 3.63) is 76.1 Å². The van der Waals surface area contributed by atoms with Gasteiger partial charge in [-0.3, -0.25) is 4.79 Å². The maximum absolute atomic E-state index is 13.7. The van der Waals surface area contributed by atoms with Crippen LogP contribution in [0.4, 0.5) is 0 Å². The lowest BCUT2D eigenvalue weighted by Crippen LogP contribution is -2.53. The number of benzene rings is 1. The Morgan fingerprint density at radius 3 is 2.78 bits per heavy atom. The molecule has 2 aliphatic heterocycles. The lowest BCUT2D eigenvalue weighted by atomic mass is 9.86. The summed E-state index contributed by atoms with van der Waals surface area (Å²) in [6.45, 7) is 9.17. The van der Waals surface area contributed by atoms with Crippen LogP contribution in [0.1, 0.15) is 30.0 Å². The molecule has 2 aliphatic rings. The minimum Gasteiger partial charge on any atom is -0.460 e. The Morgan fingerprint density at radius 1 is 1.24 bits per heavy atom. The fraction of sp³-hybridized carbons (Fsp3) is 0.333. The van der Waals surface area contributed by atoms with E-state index in [1.54, 1.807) is 17.7 Å². The molecule has 0 saturated heterocycles. The summed E-state index contributed by atoms with van der Waals surface area (Å²) < 4.78 is 24.6. The van der Waals surface area contributed by atoms with Crippen molar-refractivity contribution >= 4 is 31.4 Å². The van der Waals surface area contributed by atoms with Crippen LogP contribution in [0.25, 0.3) is 22.3 Å². The highest BCUT2D eigenvalue weighted by atomic mass is 28.4. The first-order valence-electron chi connectivity index (χ1n) is 12.2. The molecule has 37 heavy (non-hydrogen) atoms. The van der Waals surface area contributed by atoms with E-state index in [1.165, 1.54) is 0 Å². The Labute approximate surface area is 214 Å². The number of para-hydroxylation sites is 1. The summed E-state index contributed by atoms with van der Waals surface area (Å²) >= 11 is 0. The van der Waals surface area contributed by atoms with Crippen LogP contribution in [0.15, 0.2) is 53.8 Å². The lowest BCUT2D eigenvalue weighted by molar-refractivity contribution is -0.171. The molecule has 9 nitrogen and oxygen atoms in total. The van der Waals surface area contributed by atoms with E-state index in [9.17, 15) is 14.4 Å². The molecule has 0 saturated carbocycles. The molecular formula is C27H28N2O7Si. The zero-order valence-electron chi connectivity index (χ0n) is 21.0. The molecule has 5 rings (SSSR count). The van der Waals surface area contributed by atoms with E-state index in [4.69, 9.17) is 23.3 Å². The van der Waals surface area contributed by atoms with Crippen LogP contribution in [0.5, 0.6) is 0 Å². The third kappa shape index (κ3) is 4.30. The van der Waals surface area contributed by atoms with Gasteiger partial charge >= 0.3 is 20.5 Å². The number of fused-ring (bicyclic) bond motifs is 5. The standard InChI is InChI=1S/C27H28N2O7Si/c1-5-23(30)33-11-12-35-37(3,4)36-27(6-2)20-14-22-24-18(13-17-9-7-8-10-21(17)28-24)15-29(22)25(31)19(20)16-34-26(27)32/h5,7-10,13-14H,1,6,11-12,15-16H2,2-4H3/t27-/m0/s1. The quantitative estimate of drug-likeness (QED) is 0.150. The zero-order chi connectivity index (χ0) is 26.4. The number of hydrogen-bond acceptors (Lipinski definition) is 8. The number of aromatic nitrogens is 2. The fourth-order valence-corrected chi connectivity index (χ4v) is 6.83. The molecular weight excluding hydrogens is 492 g/mol. The van der Waals surface area contributed by atoms with Crippen molar-refractivity contribution in [2.45, 2.75) is 45.2 Å². The van der Waals surface area contributed by atoms with Gasteiger partial charge in [-0.05, 0) is 37.7 Å². The van der Waals surface area contributed by atoms with Gasteiger partial charge in [0.2, 0.25) is 0 Å². The first-order valence-corrected chi connectivity index (χ1v) is 15.0. The molecule has 0 bridgehead atoms. The molecule has 4 heterocycles. The van der Waals surface area contributed by atoms with Gasteiger partial charge in [0.25, 0.3) is 5.56 Å². The molecule has 0 unspecified atom stereocenters. The number of carbonyl (C=O) groups is 2. The molecule has 0 N–H and O–H groups in total. The molecule has 1 aromatic carbocycles. The summed E-state index contributed by atoms with van der Waals surface area (Å²) in [4.78, 5) is 43.1. The first kappa shape index (κ1) is 25.1. The van der Waals surface area contributed by atoms with Crippen molar-refractivity contribution in [3.8, 4) is 11.4 Å². The molecule has 0 fully saturated rings. The Balaban J connectivity index is 1.54. The van der Waals surface area contributed by atoms with Crippen molar-refractivity contribution in [2.24, 2.45) is 0 Å². The van der Waals surface area contributed by atoms with Gasteiger partial charge in [-0.2, -0.15) is 0 Å². The van der Waals surface area contributed by atoms with Crippen LogP contribution >= 0.6 is 0 Å². The number of pyridine rings is 2. The maximum atomic E-state index is 13.7. The highest BCUT2D eigenvalue weighted by Gasteiger charge is 2.51. The molecule has 0 radical (unpaired) electrons. The van der Waals surface area contributed by atoms with E-state index in [-0.39, 0.29) is 31.8 Å². The number of rotatable bonds is 8. The van der Waals surface area contributed by atoms with Gasteiger partial charge in [0, 0.05) is 22.6 Å². The summed E-state index contributed by atoms with van der Waals surface area (Å²) in [6.07, 6.45) is 1.32. The SMILES string of the molecule is C=CC(=O)OCCO[Si](C)(C)O[C@]1(CC)C(=O)OCc2c1cc1n(c2=O)Cc2cc3ccccc3nc2-1. The average Bonchev–Trinajstić information content (AvgIpc) is 3.24.